The minimum absolute atomic E-state index is 0.124. The number of aliphatic hydroxyl groups is 1. The molecule has 0 spiro atoms. The van der Waals surface area contributed by atoms with Gasteiger partial charge in [0.2, 0.25) is 0 Å². The first-order chi connectivity index (χ1) is 10.1. The number of halogens is 1. The predicted octanol–water partition coefficient (Wildman–Crippen LogP) is 2.36. The summed E-state index contributed by atoms with van der Waals surface area (Å²) in [5.74, 6) is -0.260. The van der Waals surface area contributed by atoms with E-state index in [2.05, 4.69) is 21.2 Å². The molecule has 0 aromatic heterocycles. The van der Waals surface area contributed by atoms with Crippen LogP contribution in [0.25, 0.3) is 0 Å². The molecule has 2 rings (SSSR count). The molecule has 0 saturated heterocycles. The van der Waals surface area contributed by atoms with Crippen LogP contribution in [0.15, 0.2) is 53.0 Å². The van der Waals surface area contributed by atoms with Gasteiger partial charge in [0.1, 0.15) is 0 Å². The van der Waals surface area contributed by atoms with Crippen molar-refractivity contribution < 1.29 is 9.90 Å². The van der Waals surface area contributed by atoms with Crippen molar-refractivity contribution in [2.24, 2.45) is 0 Å². The van der Waals surface area contributed by atoms with E-state index in [9.17, 15) is 9.90 Å². The molecular formula is C16H17BrN2O2. The second-order valence-corrected chi connectivity index (χ2v) is 5.54. The summed E-state index contributed by atoms with van der Waals surface area (Å²) in [5.41, 5.74) is 7.79. The van der Waals surface area contributed by atoms with Crippen LogP contribution in [0.4, 0.5) is 5.69 Å². The third-order valence-electron chi connectivity index (χ3n) is 3.15. The summed E-state index contributed by atoms with van der Waals surface area (Å²) in [4.78, 5) is 12.3. The van der Waals surface area contributed by atoms with Gasteiger partial charge in [-0.25, -0.2) is 0 Å². The monoisotopic (exact) mass is 348 g/mol. The molecule has 5 heteroatoms. The zero-order valence-electron chi connectivity index (χ0n) is 11.4. The number of nitrogens with two attached hydrogens (primary N) is 1. The highest BCUT2D eigenvalue weighted by molar-refractivity contribution is 9.10. The van der Waals surface area contributed by atoms with E-state index in [1.807, 2.05) is 30.3 Å². The first-order valence-corrected chi connectivity index (χ1v) is 7.40. The van der Waals surface area contributed by atoms with Crippen LogP contribution >= 0.6 is 15.9 Å². The van der Waals surface area contributed by atoms with Crippen molar-refractivity contribution in [1.82, 2.24) is 5.32 Å². The lowest BCUT2D eigenvalue weighted by molar-refractivity contribution is 0.0916. The van der Waals surface area contributed by atoms with E-state index in [-0.39, 0.29) is 18.6 Å². The summed E-state index contributed by atoms with van der Waals surface area (Å²) < 4.78 is 0.568. The minimum Gasteiger partial charge on any atom is -0.398 e. The molecule has 0 aliphatic heterocycles. The lowest BCUT2D eigenvalue weighted by atomic mass is 10.1. The van der Waals surface area contributed by atoms with Crippen molar-refractivity contribution in [3.63, 3.8) is 0 Å². The topological polar surface area (TPSA) is 75.4 Å². The number of amides is 1. The van der Waals surface area contributed by atoms with Gasteiger partial charge in [0.25, 0.3) is 5.91 Å². The molecule has 0 unspecified atom stereocenters. The molecule has 0 fully saturated rings. The fourth-order valence-corrected chi connectivity index (χ4v) is 2.49. The van der Waals surface area contributed by atoms with E-state index in [4.69, 9.17) is 5.73 Å². The van der Waals surface area contributed by atoms with Gasteiger partial charge in [-0.2, -0.15) is 0 Å². The Kier molecular flexibility index (Phi) is 5.36. The minimum atomic E-state index is -0.340. The maximum atomic E-state index is 12.3. The molecule has 2 aromatic rings. The Morgan fingerprint density at radius 2 is 1.90 bits per heavy atom. The maximum absolute atomic E-state index is 12.3. The number of benzene rings is 2. The van der Waals surface area contributed by atoms with Gasteiger partial charge in [-0.1, -0.05) is 36.4 Å². The molecule has 0 aliphatic carbocycles. The summed E-state index contributed by atoms with van der Waals surface area (Å²) in [6.07, 6.45) is 0.572. The van der Waals surface area contributed by atoms with Crippen molar-refractivity contribution in [3.05, 3.63) is 64.1 Å². The summed E-state index contributed by atoms with van der Waals surface area (Å²) in [6, 6.07) is 14.5. The fraction of sp³-hybridized carbons (Fsp3) is 0.188. The van der Waals surface area contributed by atoms with E-state index in [0.29, 0.717) is 22.1 Å². The van der Waals surface area contributed by atoms with Crippen LogP contribution in [0.1, 0.15) is 15.9 Å². The van der Waals surface area contributed by atoms with Crippen LogP contribution in [0, 0.1) is 0 Å². The summed E-state index contributed by atoms with van der Waals surface area (Å²) >= 11 is 3.31. The molecule has 1 atom stereocenters. The van der Waals surface area contributed by atoms with E-state index >= 15 is 0 Å². The van der Waals surface area contributed by atoms with Crippen LogP contribution in [0.5, 0.6) is 0 Å². The van der Waals surface area contributed by atoms with Crippen LogP contribution in [0.2, 0.25) is 0 Å². The second-order valence-electron chi connectivity index (χ2n) is 4.75. The highest BCUT2D eigenvalue weighted by atomic mass is 79.9. The van der Waals surface area contributed by atoms with E-state index in [1.54, 1.807) is 18.2 Å². The first-order valence-electron chi connectivity index (χ1n) is 6.61. The molecule has 2 aromatic carbocycles. The predicted molar refractivity (Wildman–Crippen MR) is 87.0 cm³/mol. The smallest absolute Gasteiger partial charge is 0.252 e. The molecule has 0 heterocycles. The lowest BCUT2D eigenvalue weighted by Crippen LogP contribution is -2.39. The molecular weight excluding hydrogens is 332 g/mol. The van der Waals surface area contributed by atoms with Gasteiger partial charge < -0.3 is 16.2 Å². The highest BCUT2D eigenvalue weighted by Crippen LogP contribution is 2.23. The Hall–Kier alpha value is -1.85. The molecule has 0 bridgehead atoms. The Morgan fingerprint density at radius 1 is 1.19 bits per heavy atom. The number of nitrogen functional groups attached to an aromatic ring is 1. The number of hydrogen-bond donors (Lipinski definition) is 3. The van der Waals surface area contributed by atoms with Crippen LogP contribution in [0.3, 0.4) is 0 Å². The van der Waals surface area contributed by atoms with Gasteiger partial charge in [0.15, 0.2) is 0 Å². The van der Waals surface area contributed by atoms with Crippen LogP contribution < -0.4 is 11.1 Å². The van der Waals surface area contributed by atoms with Gasteiger partial charge in [0.05, 0.1) is 22.7 Å². The second kappa shape index (κ2) is 7.24. The lowest BCUT2D eigenvalue weighted by Gasteiger charge is -2.17. The molecule has 0 radical (unpaired) electrons. The zero-order valence-corrected chi connectivity index (χ0v) is 13.0. The van der Waals surface area contributed by atoms with E-state index in [0.717, 1.165) is 5.56 Å². The largest absolute Gasteiger partial charge is 0.398 e. The maximum Gasteiger partial charge on any atom is 0.252 e. The Bertz CT molecular complexity index is 617. The Balaban J connectivity index is 2.08. The zero-order chi connectivity index (χ0) is 15.2. The summed E-state index contributed by atoms with van der Waals surface area (Å²) in [5, 5.41) is 12.3. The molecule has 0 aliphatic rings. The average Bonchev–Trinajstić information content (AvgIpc) is 2.50. The highest BCUT2D eigenvalue weighted by Gasteiger charge is 2.16. The van der Waals surface area contributed by atoms with Crippen molar-refractivity contribution in [1.29, 1.82) is 0 Å². The molecule has 1 amide bonds. The molecule has 21 heavy (non-hydrogen) atoms. The number of hydrogen-bond acceptors (Lipinski definition) is 3. The quantitative estimate of drug-likeness (QED) is 0.726. The van der Waals surface area contributed by atoms with Gasteiger partial charge >= 0.3 is 0 Å². The van der Waals surface area contributed by atoms with Crippen molar-refractivity contribution in [2.45, 2.75) is 12.5 Å². The van der Waals surface area contributed by atoms with E-state index < -0.39 is 0 Å². The normalized spacial score (nSPS) is 11.9. The van der Waals surface area contributed by atoms with Crippen LogP contribution in [-0.2, 0) is 6.42 Å². The third-order valence-corrected chi connectivity index (χ3v) is 4.04. The van der Waals surface area contributed by atoms with Crippen molar-refractivity contribution in [2.75, 3.05) is 12.3 Å². The summed E-state index contributed by atoms with van der Waals surface area (Å²) in [6.45, 7) is -0.124. The first kappa shape index (κ1) is 15.5. The summed E-state index contributed by atoms with van der Waals surface area (Å²) in [7, 11) is 0. The van der Waals surface area contributed by atoms with Gasteiger partial charge in [-0.05, 0) is 40.0 Å². The number of anilines is 1. The Morgan fingerprint density at radius 3 is 2.57 bits per heavy atom. The SMILES string of the molecule is Nc1cccc(C(=O)N[C@@H](CO)Cc2ccccc2)c1Br. The van der Waals surface area contributed by atoms with Gasteiger partial charge in [0, 0.05) is 5.69 Å². The number of carbonyl (C=O) groups is 1. The third kappa shape index (κ3) is 4.06. The molecule has 110 valence electrons. The van der Waals surface area contributed by atoms with Gasteiger partial charge in [-0.3, -0.25) is 4.79 Å². The van der Waals surface area contributed by atoms with Crippen LogP contribution in [-0.4, -0.2) is 23.7 Å². The number of carbonyl (C=O) groups excluding carboxylic acids is 1. The van der Waals surface area contributed by atoms with Crippen molar-refractivity contribution >= 4 is 27.5 Å². The Labute approximate surface area is 132 Å². The van der Waals surface area contributed by atoms with Gasteiger partial charge in [-0.15, -0.1) is 0 Å². The fourth-order valence-electron chi connectivity index (χ4n) is 2.05. The number of rotatable bonds is 5. The standard InChI is InChI=1S/C16H17BrN2O2/c17-15-13(7-4-8-14(15)18)16(21)19-12(10-20)9-11-5-2-1-3-6-11/h1-8,12,20H,9-10,18H2,(H,19,21)/t12-/m1/s1. The number of nitrogens with one attached hydrogen (secondary N) is 1. The average molecular weight is 349 g/mol. The number of aliphatic hydroxyl groups excluding tert-OH is 1. The van der Waals surface area contributed by atoms with Crippen molar-refractivity contribution in [3.8, 4) is 0 Å². The molecule has 0 saturated carbocycles. The molecule has 4 N–H and O–H groups in total. The molecule has 4 nitrogen and oxygen atoms in total. The van der Waals surface area contributed by atoms with E-state index in [1.165, 1.54) is 0 Å².